The average Bonchev–Trinajstić information content (AvgIpc) is 2.92. The van der Waals surface area contributed by atoms with Crippen molar-refractivity contribution in [2.45, 2.75) is 6.92 Å². The van der Waals surface area contributed by atoms with Crippen molar-refractivity contribution in [1.82, 2.24) is 4.90 Å². The van der Waals surface area contributed by atoms with Gasteiger partial charge in [0.05, 0.1) is 6.54 Å². The summed E-state index contributed by atoms with van der Waals surface area (Å²) in [6, 6.07) is 9.87. The van der Waals surface area contributed by atoms with Gasteiger partial charge >= 0.3 is 0 Å². The van der Waals surface area contributed by atoms with Gasteiger partial charge in [0, 0.05) is 23.7 Å². The number of hydrogen-bond acceptors (Lipinski definition) is 3. The largest absolute Gasteiger partial charge is 0.448 e. The maximum Gasteiger partial charge on any atom is 0.290 e. The molecule has 0 saturated carbocycles. The Morgan fingerprint density at radius 3 is 2.58 bits per heavy atom. The summed E-state index contributed by atoms with van der Waals surface area (Å²) in [6.07, 6.45) is 0. The van der Waals surface area contributed by atoms with Crippen molar-refractivity contribution in [1.29, 1.82) is 0 Å². The van der Waals surface area contributed by atoms with Crippen molar-refractivity contribution in [3.63, 3.8) is 0 Å². The number of hydrogen-bond donors (Lipinski definition) is 1. The number of nitrogens with zero attached hydrogens (tertiary/aromatic N) is 1. The maximum atomic E-state index is 13.8. The Hall–Kier alpha value is -3.22. The van der Waals surface area contributed by atoms with Gasteiger partial charge in [-0.15, -0.1) is 0 Å². The lowest BCUT2D eigenvalue weighted by Gasteiger charge is -2.16. The van der Waals surface area contributed by atoms with Crippen molar-refractivity contribution in [3.8, 4) is 0 Å². The number of amides is 2. The Bertz CT molecular complexity index is 998. The van der Waals surface area contributed by atoms with E-state index in [2.05, 4.69) is 5.32 Å². The third-order valence-corrected chi connectivity index (χ3v) is 3.95. The molecule has 3 rings (SSSR count). The van der Waals surface area contributed by atoms with Gasteiger partial charge in [-0.3, -0.25) is 9.59 Å². The molecule has 1 N–H and O–H groups in total. The van der Waals surface area contributed by atoms with Crippen LogP contribution in [0, 0.1) is 18.6 Å². The molecule has 1 aromatic heterocycles. The van der Waals surface area contributed by atoms with Gasteiger partial charge in [0.15, 0.2) is 17.2 Å². The summed E-state index contributed by atoms with van der Waals surface area (Å²) in [5.41, 5.74) is 0.797. The van der Waals surface area contributed by atoms with E-state index in [-0.39, 0.29) is 23.6 Å². The van der Waals surface area contributed by atoms with Crippen LogP contribution in [0.15, 0.2) is 46.9 Å². The zero-order valence-electron chi connectivity index (χ0n) is 14.2. The predicted molar refractivity (Wildman–Crippen MR) is 92.9 cm³/mol. The molecule has 2 aromatic carbocycles. The molecule has 1 heterocycles. The van der Waals surface area contributed by atoms with Crippen LogP contribution in [0.4, 0.5) is 14.5 Å². The summed E-state index contributed by atoms with van der Waals surface area (Å²) >= 11 is 0. The Balaban J connectivity index is 1.74. The molecule has 0 aliphatic heterocycles. The summed E-state index contributed by atoms with van der Waals surface area (Å²) in [5, 5.41) is 3.01. The average molecular weight is 358 g/mol. The van der Waals surface area contributed by atoms with Crippen LogP contribution in [-0.2, 0) is 4.79 Å². The zero-order chi connectivity index (χ0) is 18.8. The number of carbonyl (C=O) groups excluding carboxylic acids is 2. The monoisotopic (exact) mass is 358 g/mol. The molecule has 5 nitrogen and oxygen atoms in total. The van der Waals surface area contributed by atoms with Crippen molar-refractivity contribution < 1.29 is 22.8 Å². The minimum Gasteiger partial charge on any atom is -0.448 e. The molecule has 0 radical (unpaired) electrons. The van der Waals surface area contributed by atoms with Crippen LogP contribution >= 0.6 is 0 Å². The van der Waals surface area contributed by atoms with Crippen LogP contribution in [0.2, 0.25) is 0 Å². The molecular weight excluding hydrogens is 342 g/mol. The van der Waals surface area contributed by atoms with Crippen molar-refractivity contribution in [3.05, 3.63) is 65.4 Å². The van der Waals surface area contributed by atoms with E-state index in [0.717, 1.165) is 4.90 Å². The third-order valence-electron chi connectivity index (χ3n) is 3.95. The zero-order valence-corrected chi connectivity index (χ0v) is 14.2. The Labute approximate surface area is 148 Å². The number of anilines is 1. The van der Waals surface area contributed by atoms with Crippen molar-refractivity contribution in [2.75, 3.05) is 18.9 Å². The maximum absolute atomic E-state index is 13.8. The van der Waals surface area contributed by atoms with E-state index in [4.69, 9.17) is 4.42 Å². The van der Waals surface area contributed by atoms with Gasteiger partial charge in [-0.1, -0.05) is 18.2 Å². The van der Waals surface area contributed by atoms with E-state index in [1.54, 1.807) is 13.0 Å². The van der Waals surface area contributed by atoms with Gasteiger partial charge in [0.2, 0.25) is 5.91 Å². The SMILES string of the molecule is Cc1c(C(=O)N(C)CC(=O)Nc2cccc(F)c2)oc2c(F)cccc12. The summed E-state index contributed by atoms with van der Waals surface area (Å²) < 4.78 is 32.3. The van der Waals surface area contributed by atoms with E-state index in [9.17, 15) is 18.4 Å². The number of fused-ring (bicyclic) bond motifs is 1. The molecule has 0 unspecified atom stereocenters. The molecule has 0 spiro atoms. The fourth-order valence-corrected chi connectivity index (χ4v) is 2.64. The van der Waals surface area contributed by atoms with E-state index in [1.165, 1.54) is 43.4 Å². The Morgan fingerprint density at radius 2 is 1.88 bits per heavy atom. The number of halogens is 2. The predicted octanol–water partition coefficient (Wildman–Crippen LogP) is 3.73. The van der Waals surface area contributed by atoms with E-state index < -0.39 is 23.4 Å². The number of carbonyl (C=O) groups is 2. The molecule has 0 aliphatic rings. The standard InChI is InChI=1S/C19H16F2N2O3/c1-11-14-7-4-8-15(21)18(14)26-17(11)19(25)23(2)10-16(24)22-13-6-3-5-12(20)9-13/h3-9H,10H2,1-2H3,(H,22,24). The second kappa shape index (κ2) is 6.95. The second-order valence-electron chi connectivity index (χ2n) is 5.89. The quantitative estimate of drug-likeness (QED) is 0.773. The highest BCUT2D eigenvalue weighted by Crippen LogP contribution is 2.27. The fraction of sp³-hybridized carbons (Fsp3) is 0.158. The molecule has 0 fully saturated rings. The first-order valence-electron chi connectivity index (χ1n) is 7.85. The number of nitrogens with one attached hydrogen (secondary N) is 1. The second-order valence-corrected chi connectivity index (χ2v) is 5.89. The molecule has 0 saturated heterocycles. The molecule has 26 heavy (non-hydrogen) atoms. The van der Waals surface area contributed by atoms with Gasteiger partial charge in [-0.2, -0.15) is 0 Å². The minimum absolute atomic E-state index is 0.00552. The molecule has 134 valence electrons. The summed E-state index contributed by atoms with van der Waals surface area (Å²) in [7, 11) is 1.43. The highest BCUT2D eigenvalue weighted by Gasteiger charge is 2.23. The number of para-hydroxylation sites is 1. The Kier molecular flexibility index (Phi) is 4.71. The minimum atomic E-state index is -0.559. The topological polar surface area (TPSA) is 62.6 Å². The van der Waals surface area contributed by atoms with Crippen LogP contribution in [0.25, 0.3) is 11.0 Å². The molecule has 0 bridgehead atoms. The first-order chi connectivity index (χ1) is 12.4. The molecule has 0 aliphatic carbocycles. The molecule has 7 heteroatoms. The van der Waals surface area contributed by atoms with Crippen LogP contribution in [0.3, 0.4) is 0 Å². The number of benzene rings is 2. The van der Waals surface area contributed by atoms with Crippen molar-refractivity contribution >= 4 is 28.5 Å². The number of likely N-dealkylation sites (N-methyl/N-ethyl adjacent to an activating group) is 1. The molecule has 3 aromatic rings. The fourth-order valence-electron chi connectivity index (χ4n) is 2.64. The first kappa shape index (κ1) is 17.6. The third kappa shape index (κ3) is 3.42. The summed E-state index contributed by atoms with van der Waals surface area (Å²) in [5.74, 6) is -2.10. The number of rotatable bonds is 4. The van der Waals surface area contributed by atoms with Crippen LogP contribution in [0.1, 0.15) is 16.1 Å². The van der Waals surface area contributed by atoms with E-state index >= 15 is 0 Å². The summed E-state index contributed by atoms with van der Waals surface area (Å²) in [6.45, 7) is 1.38. The highest BCUT2D eigenvalue weighted by molar-refractivity contribution is 6.01. The molecule has 0 atom stereocenters. The lowest BCUT2D eigenvalue weighted by Crippen LogP contribution is -2.35. The van der Waals surface area contributed by atoms with Gasteiger partial charge < -0.3 is 14.6 Å². The summed E-state index contributed by atoms with van der Waals surface area (Å²) in [4.78, 5) is 25.8. The van der Waals surface area contributed by atoms with E-state index in [0.29, 0.717) is 10.9 Å². The van der Waals surface area contributed by atoms with Crippen LogP contribution < -0.4 is 5.32 Å². The molecular formula is C19H16F2N2O3. The molecule has 2 amide bonds. The smallest absolute Gasteiger partial charge is 0.290 e. The lowest BCUT2D eigenvalue weighted by atomic mass is 10.1. The van der Waals surface area contributed by atoms with Crippen molar-refractivity contribution in [2.24, 2.45) is 0 Å². The lowest BCUT2D eigenvalue weighted by molar-refractivity contribution is -0.116. The van der Waals surface area contributed by atoms with Gasteiger partial charge in [0.25, 0.3) is 5.91 Å². The number of furan rings is 1. The normalized spacial score (nSPS) is 10.8. The van der Waals surface area contributed by atoms with Gasteiger partial charge in [-0.05, 0) is 31.2 Å². The first-order valence-corrected chi connectivity index (χ1v) is 7.85. The van der Waals surface area contributed by atoms with Crippen LogP contribution in [0.5, 0.6) is 0 Å². The van der Waals surface area contributed by atoms with Gasteiger partial charge in [0.1, 0.15) is 5.82 Å². The van der Waals surface area contributed by atoms with Crippen LogP contribution in [-0.4, -0.2) is 30.3 Å². The highest BCUT2D eigenvalue weighted by atomic mass is 19.1. The number of aryl methyl sites for hydroxylation is 1. The Morgan fingerprint density at radius 1 is 1.15 bits per heavy atom. The van der Waals surface area contributed by atoms with Gasteiger partial charge in [-0.25, -0.2) is 8.78 Å². The van der Waals surface area contributed by atoms with E-state index in [1.807, 2.05) is 0 Å².